The minimum atomic E-state index is -0.493. The lowest BCUT2D eigenvalue weighted by molar-refractivity contribution is -0.119. The molecule has 1 aromatic heterocycles. The van der Waals surface area contributed by atoms with Gasteiger partial charge < -0.3 is 20.1 Å². The van der Waals surface area contributed by atoms with Crippen molar-refractivity contribution in [3.8, 4) is 11.5 Å². The molecule has 0 saturated heterocycles. The third-order valence-electron chi connectivity index (χ3n) is 4.26. The van der Waals surface area contributed by atoms with Gasteiger partial charge in [0, 0.05) is 16.9 Å². The molecule has 28 heavy (non-hydrogen) atoms. The molecule has 0 fully saturated rings. The zero-order chi connectivity index (χ0) is 19.5. The first-order valence-electron chi connectivity index (χ1n) is 8.56. The Morgan fingerprint density at radius 3 is 2.46 bits per heavy atom. The molecule has 0 spiro atoms. The topological polar surface area (TPSA) is 107 Å². The number of benzene rings is 2. The van der Waals surface area contributed by atoms with Gasteiger partial charge in [0.1, 0.15) is 18.7 Å². The first kappa shape index (κ1) is 17.5. The molecule has 1 aliphatic heterocycles. The summed E-state index contributed by atoms with van der Waals surface area (Å²) in [5, 5.41) is 9.56. The highest BCUT2D eigenvalue weighted by atomic mass is 16.7. The van der Waals surface area contributed by atoms with E-state index in [1.54, 1.807) is 49.4 Å². The summed E-state index contributed by atoms with van der Waals surface area (Å²) in [5.74, 6) is 0.682. The van der Waals surface area contributed by atoms with Crippen LogP contribution < -0.4 is 20.1 Å². The number of nitrogens with zero attached hydrogens (tertiary/aromatic N) is 3. The predicted octanol–water partition coefficient (Wildman–Crippen LogP) is 2.46. The molecule has 0 saturated carbocycles. The Labute approximate surface area is 160 Å². The average Bonchev–Trinajstić information content (AvgIpc) is 3.40. The fourth-order valence-corrected chi connectivity index (χ4v) is 2.66. The second kappa shape index (κ2) is 7.39. The van der Waals surface area contributed by atoms with E-state index in [0.717, 1.165) is 0 Å². The molecule has 2 amide bonds. The van der Waals surface area contributed by atoms with Gasteiger partial charge in [-0.15, -0.1) is 0 Å². The van der Waals surface area contributed by atoms with Gasteiger partial charge in [0.15, 0.2) is 11.5 Å². The van der Waals surface area contributed by atoms with Gasteiger partial charge in [0.05, 0.1) is 0 Å². The number of carbonyl (C=O) groups excluding carboxylic acids is 2. The van der Waals surface area contributed by atoms with Crippen LogP contribution in [0.2, 0.25) is 0 Å². The Bertz CT molecular complexity index is 1000. The summed E-state index contributed by atoms with van der Waals surface area (Å²) in [5.41, 5.74) is 1.67. The number of rotatable bonds is 5. The van der Waals surface area contributed by atoms with Crippen LogP contribution in [0, 0.1) is 0 Å². The second-order valence-electron chi connectivity index (χ2n) is 6.14. The molecule has 1 unspecified atom stereocenters. The van der Waals surface area contributed by atoms with Gasteiger partial charge in [-0.05, 0) is 49.4 Å². The molecule has 9 heteroatoms. The van der Waals surface area contributed by atoms with Crippen LogP contribution in [0.25, 0.3) is 0 Å². The van der Waals surface area contributed by atoms with E-state index < -0.39 is 6.04 Å². The van der Waals surface area contributed by atoms with Crippen LogP contribution in [0.15, 0.2) is 55.1 Å². The normalized spacial score (nSPS) is 13.0. The van der Waals surface area contributed by atoms with E-state index in [1.165, 1.54) is 17.3 Å². The predicted molar refractivity (Wildman–Crippen MR) is 100 cm³/mol. The van der Waals surface area contributed by atoms with Crippen molar-refractivity contribution in [2.45, 2.75) is 13.0 Å². The molecule has 9 nitrogen and oxygen atoms in total. The second-order valence-corrected chi connectivity index (χ2v) is 6.14. The van der Waals surface area contributed by atoms with Crippen molar-refractivity contribution >= 4 is 23.2 Å². The van der Waals surface area contributed by atoms with Crippen LogP contribution in [0.1, 0.15) is 23.3 Å². The van der Waals surface area contributed by atoms with Gasteiger partial charge in [0.2, 0.25) is 12.7 Å². The summed E-state index contributed by atoms with van der Waals surface area (Å²) >= 11 is 0. The lowest BCUT2D eigenvalue weighted by atomic mass is 10.2. The molecule has 0 bridgehead atoms. The molecule has 2 aromatic carbocycles. The fourth-order valence-electron chi connectivity index (χ4n) is 2.66. The van der Waals surface area contributed by atoms with Crippen molar-refractivity contribution in [3.63, 3.8) is 0 Å². The first-order chi connectivity index (χ1) is 13.6. The Hall–Kier alpha value is -3.88. The third-order valence-corrected chi connectivity index (χ3v) is 4.26. The summed E-state index contributed by atoms with van der Waals surface area (Å²) in [7, 11) is 0. The SMILES string of the molecule is CC(C(=O)Nc1ccc(NC(=O)c2ccc3c(c2)OCO3)cc1)n1cncn1. The number of ether oxygens (including phenoxy) is 2. The van der Waals surface area contributed by atoms with Gasteiger partial charge in [-0.3, -0.25) is 9.59 Å². The average molecular weight is 379 g/mol. The standard InChI is InChI=1S/C19H17N5O4/c1-12(24-10-20-9-21-24)18(25)22-14-3-5-15(6-4-14)23-19(26)13-2-7-16-17(8-13)28-11-27-16/h2-10,12H,11H2,1H3,(H,22,25)(H,23,26). The van der Waals surface area contributed by atoms with E-state index in [2.05, 4.69) is 20.7 Å². The molecular formula is C19H17N5O4. The molecule has 4 rings (SSSR count). The Morgan fingerprint density at radius 1 is 1.04 bits per heavy atom. The molecule has 142 valence electrons. The molecule has 1 atom stereocenters. The molecule has 1 aliphatic rings. The Balaban J connectivity index is 1.38. The quantitative estimate of drug-likeness (QED) is 0.705. The van der Waals surface area contributed by atoms with Gasteiger partial charge in [0.25, 0.3) is 5.91 Å². The molecular weight excluding hydrogens is 362 g/mol. The van der Waals surface area contributed by atoms with Crippen LogP contribution in [-0.4, -0.2) is 33.4 Å². The van der Waals surface area contributed by atoms with E-state index in [9.17, 15) is 9.59 Å². The lowest BCUT2D eigenvalue weighted by Gasteiger charge is -2.12. The number of anilines is 2. The van der Waals surface area contributed by atoms with E-state index in [1.807, 2.05) is 0 Å². The molecule has 2 heterocycles. The first-order valence-corrected chi connectivity index (χ1v) is 8.56. The van der Waals surface area contributed by atoms with Gasteiger partial charge in [-0.25, -0.2) is 9.67 Å². The summed E-state index contributed by atoms with van der Waals surface area (Å²) in [6, 6.07) is 11.4. The maximum atomic E-state index is 12.4. The van der Waals surface area contributed by atoms with Crippen molar-refractivity contribution in [2.24, 2.45) is 0 Å². The van der Waals surface area contributed by atoms with Gasteiger partial charge in [-0.2, -0.15) is 5.10 Å². The van der Waals surface area contributed by atoms with Gasteiger partial charge >= 0.3 is 0 Å². The van der Waals surface area contributed by atoms with Crippen molar-refractivity contribution in [2.75, 3.05) is 17.4 Å². The summed E-state index contributed by atoms with van der Waals surface area (Å²) in [4.78, 5) is 28.5. The number of nitrogens with one attached hydrogen (secondary N) is 2. The summed E-state index contributed by atoms with van der Waals surface area (Å²) in [6.07, 6.45) is 2.86. The zero-order valence-electron chi connectivity index (χ0n) is 15.0. The van der Waals surface area contributed by atoms with E-state index in [-0.39, 0.29) is 18.6 Å². The maximum Gasteiger partial charge on any atom is 0.255 e. The van der Waals surface area contributed by atoms with Crippen molar-refractivity contribution in [1.82, 2.24) is 14.8 Å². The molecule has 3 aromatic rings. The smallest absolute Gasteiger partial charge is 0.255 e. The minimum absolute atomic E-state index is 0.156. The Morgan fingerprint density at radius 2 is 1.75 bits per heavy atom. The van der Waals surface area contributed by atoms with E-state index in [0.29, 0.717) is 28.4 Å². The highest BCUT2D eigenvalue weighted by Crippen LogP contribution is 2.32. The van der Waals surface area contributed by atoms with Crippen LogP contribution in [0.4, 0.5) is 11.4 Å². The minimum Gasteiger partial charge on any atom is -0.454 e. The highest BCUT2D eigenvalue weighted by Gasteiger charge is 2.17. The monoisotopic (exact) mass is 379 g/mol. The highest BCUT2D eigenvalue weighted by molar-refractivity contribution is 6.04. The lowest BCUT2D eigenvalue weighted by Crippen LogP contribution is -2.24. The fraction of sp³-hybridized carbons (Fsp3) is 0.158. The van der Waals surface area contributed by atoms with Crippen LogP contribution in [0.3, 0.4) is 0 Å². The van der Waals surface area contributed by atoms with Crippen LogP contribution in [0.5, 0.6) is 11.5 Å². The number of hydrogen-bond donors (Lipinski definition) is 2. The number of amides is 2. The van der Waals surface area contributed by atoms with Crippen LogP contribution >= 0.6 is 0 Å². The molecule has 0 radical (unpaired) electrons. The third kappa shape index (κ3) is 3.63. The maximum absolute atomic E-state index is 12.4. The van der Waals surface area contributed by atoms with Gasteiger partial charge in [-0.1, -0.05) is 0 Å². The Kier molecular flexibility index (Phi) is 4.63. The molecule has 0 aliphatic carbocycles. The number of carbonyl (C=O) groups is 2. The number of hydrogen-bond acceptors (Lipinski definition) is 6. The zero-order valence-corrected chi connectivity index (χ0v) is 15.0. The summed E-state index contributed by atoms with van der Waals surface area (Å²) in [6.45, 7) is 1.88. The van der Waals surface area contributed by atoms with E-state index in [4.69, 9.17) is 9.47 Å². The van der Waals surface area contributed by atoms with E-state index >= 15 is 0 Å². The van der Waals surface area contributed by atoms with Crippen molar-refractivity contribution in [1.29, 1.82) is 0 Å². The number of fused-ring (bicyclic) bond motifs is 1. The largest absolute Gasteiger partial charge is 0.454 e. The summed E-state index contributed by atoms with van der Waals surface area (Å²) < 4.78 is 12.0. The molecule has 2 N–H and O–H groups in total. The van der Waals surface area contributed by atoms with Crippen LogP contribution in [-0.2, 0) is 4.79 Å². The van der Waals surface area contributed by atoms with Crippen molar-refractivity contribution < 1.29 is 19.1 Å². The van der Waals surface area contributed by atoms with Crippen molar-refractivity contribution in [3.05, 3.63) is 60.7 Å². The number of aromatic nitrogens is 3.